The van der Waals surface area contributed by atoms with Crippen molar-refractivity contribution < 1.29 is 49.5 Å². The fraction of sp³-hybridized carbons (Fsp3) is 0. The van der Waals surface area contributed by atoms with Gasteiger partial charge in [-0.15, -0.1) is 0 Å². The molecule has 0 unspecified atom stereocenters. The first-order chi connectivity index (χ1) is 9.97. The Labute approximate surface area is 146 Å². The van der Waals surface area contributed by atoms with E-state index in [1.807, 2.05) is 0 Å². The van der Waals surface area contributed by atoms with Crippen LogP contribution in [0.3, 0.4) is 0 Å². The van der Waals surface area contributed by atoms with Crippen LogP contribution in [0.15, 0.2) is 52.7 Å². The largest absolute Gasteiger partial charge is 1.00 e. The van der Waals surface area contributed by atoms with Crippen molar-refractivity contribution in [2.45, 2.75) is 0 Å². The number of hydrogen-bond donors (Lipinski definition) is 2. The van der Waals surface area contributed by atoms with E-state index in [9.17, 15) is 20.0 Å². The predicted octanol–water partition coefficient (Wildman–Crippen LogP) is 0.418. The Bertz CT molecular complexity index is 731. The predicted molar refractivity (Wildman–Crippen MR) is 72.3 cm³/mol. The zero-order valence-corrected chi connectivity index (χ0v) is 13.5. The minimum Gasteiger partial charge on any atom is -0.507 e. The second-order valence-electron chi connectivity index (χ2n) is 3.98. The summed E-state index contributed by atoms with van der Waals surface area (Å²) in [4.78, 5) is 20.8. The van der Waals surface area contributed by atoms with E-state index in [0.717, 1.165) is 0 Å². The molecule has 2 rings (SSSR count). The van der Waals surface area contributed by atoms with Crippen LogP contribution in [0.1, 0.15) is 10.4 Å². The van der Waals surface area contributed by atoms with Crippen molar-refractivity contribution in [1.29, 1.82) is 0 Å². The first kappa shape index (κ1) is 17.8. The maximum atomic E-state index is 10.9. The molecule has 106 valence electrons. The van der Waals surface area contributed by atoms with E-state index in [1.54, 1.807) is 0 Å². The molecule has 0 atom stereocenters. The van der Waals surface area contributed by atoms with Crippen LogP contribution in [-0.2, 0) is 0 Å². The van der Waals surface area contributed by atoms with Crippen LogP contribution in [0.2, 0.25) is 0 Å². The topological polar surface area (TPSA) is 125 Å². The van der Waals surface area contributed by atoms with Gasteiger partial charge in [-0.3, -0.25) is 10.1 Å². The van der Waals surface area contributed by atoms with Gasteiger partial charge in [0.05, 0.1) is 16.3 Å². The number of nitro benzene ring substituents is 1. The molecule has 0 aliphatic carbocycles. The van der Waals surface area contributed by atoms with Gasteiger partial charge in [0.2, 0.25) is 0 Å². The van der Waals surface area contributed by atoms with Gasteiger partial charge >= 0.3 is 35.5 Å². The van der Waals surface area contributed by atoms with Crippen LogP contribution in [0.25, 0.3) is 0 Å². The van der Waals surface area contributed by atoms with Gasteiger partial charge in [0.25, 0.3) is 5.69 Å². The minimum atomic E-state index is -1.28. The molecule has 8 nitrogen and oxygen atoms in total. The molecule has 2 aromatic carbocycles. The summed E-state index contributed by atoms with van der Waals surface area (Å²) in [7, 11) is 0. The van der Waals surface area contributed by atoms with E-state index in [1.165, 1.54) is 42.5 Å². The number of carboxylic acid groups (broad SMARTS) is 1. The number of carbonyl (C=O) groups is 1. The molecule has 0 aliphatic rings. The molecule has 0 radical (unpaired) electrons. The average Bonchev–Trinajstić information content (AvgIpc) is 2.46. The zero-order valence-electron chi connectivity index (χ0n) is 11.5. The number of aromatic carboxylic acids is 1. The van der Waals surface area contributed by atoms with Crippen molar-refractivity contribution in [3.8, 4) is 5.75 Å². The molecule has 0 fully saturated rings. The Hall–Kier alpha value is -2.29. The third kappa shape index (κ3) is 4.35. The smallest absolute Gasteiger partial charge is 0.507 e. The maximum Gasteiger partial charge on any atom is 1.00 e. The van der Waals surface area contributed by atoms with Crippen LogP contribution in [0, 0.1) is 10.1 Å². The second kappa shape index (κ2) is 7.64. The number of azo groups is 1. The number of aromatic hydroxyl groups is 1. The van der Waals surface area contributed by atoms with Crippen LogP contribution >= 0.6 is 0 Å². The number of non-ortho nitro benzene ring substituents is 1. The molecule has 2 aromatic rings. The van der Waals surface area contributed by atoms with E-state index >= 15 is 0 Å². The van der Waals surface area contributed by atoms with Gasteiger partial charge in [0.1, 0.15) is 11.3 Å². The normalized spacial score (nSPS) is 10.2. The molecule has 0 saturated heterocycles. The molecule has 0 amide bonds. The van der Waals surface area contributed by atoms with Crippen molar-refractivity contribution in [2.75, 3.05) is 0 Å². The molecule has 9 heteroatoms. The SMILES string of the molecule is O=C(O)c1cc(N=Nc2ccc([N+](=O)[O-])cc2)ccc1O.[Na+]. The quantitative estimate of drug-likeness (QED) is 0.366. The molecule has 0 aliphatic heterocycles. The standard InChI is InChI=1S/C13H9N3O5.Na/c17-12-6-3-9(7-11(12)13(18)19)15-14-8-1-4-10(5-2-8)16(20)21;/h1-7,17H,(H,18,19);/q;+1. The molecule has 0 saturated carbocycles. The summed E-state index contributed by atoms with van der Waals surface area (Å²) in [6.45, 7) is 0. The van der Waals surface area contributed by atoms with Gasteiger partial charge in [-0.25, -0.2) is 4.79 Å². The first-order valence-electron chi connectivity index (χ1n) is 5.70. The fourth-order valence-electron chi connectivity index (χ4n) is 1.51. The molecule has 0 spiro atoms. The van der Waals surface area contributed by atoms with Gasteiger partial charge in [-0.2, -0.15) is 10.2 Å². The number of hydrogen-bond acceptors (Lipinski definition) is 6. The van der Waals surface area contributed by atoms with Crippen molar-refractivity contribution >= 4 is 23.0 Å². The molecule has 0 bridgehead atoms. The summed E-state index contributed by atoms with van der Waals surface area (Å²) in [6.07, 6.45) is 0. The summed E-state index contributed by atoms with van der Waals surface area (Å²) in [5.41, 5.74) is 0.274. The van der Waals surface area contributed by atoms with Gasteiger partial charge in [0, 0.05) is 12.1 Å². The molecule has 0 heterocycles. The summed E-state index contributed by atoms with van der Waals surface area (Å²) in [5.74, 6) is -1.64. The fourth-order valence-corrected chi connectivity index (χ4v) is 1.51. The third-order valence-electron chi connectivity index (χ3n) is 2.55. The second-order valence-corrected chi connectivity index (χ2v) is 3.98. The van der Waals surface area contributed by atoms with Crippen LogP contribution in [0.4, 0.5) is 17.1 Å². The first-order valence-corrected chi connectivity index (χ1v) is 5.70. The summed E-state index contributed by atoms with van der Waals surface area (Å²) >= 11 is 0. The molecular formula is C13H9N3NaO5+. The molecular weight excluding hydrogens is 301 g/mol. The van der Waals surface area contributed by atoms with Gasteiger partial charge in [-0.05, 0) is 30.3 Å². The van der Waals surface area contributed by atoms with E-state index in [0.29, 0.717) is 5.69 Å². The maximum absolute atomic E-state index is 10.9. The third-order valence-corrected chi connectivity index (χ3v) is 2.55. The Morgan fingerprint density at radius 1 is 1.05 bits per heavy atom. The number of nitrogens with zero attached hydrogens (tertiary/aromatic N) is 3. The van der Waals surface area contributed by atoms with E-state index < -0.39 is 10.9 Å². The van der Waals surface area contributed by atoms with Crippen LogP contribution in [-0.4, -0.2) is 21.1 Å². The van der Waals surface area contributed by atoms with Gasteiger partial charge in [-0.1, -0.05) is 0 Å². The number of rotatable bonds is 4. The van der Waals surface area contributed by atoms with E-state index in [4.69, 9.17) is 5.11 Å². The minimum absolute atomic E-state index is 0. The number of phenols is 1. The van der Waals surface area contributed by atoms with E-state index in [-0.39, 0.29) is 52.2 Å². The van der Waals surface area contributed by atoms with Gasteiger partial charge < -0.3 is 10.2 Å². The van der Waals surface area contributed by atoms with Crippen LogP contribution < -0.4 is 29.6 Å². The van der Waals surface area contributed by atoms with Crippen LogP contribution in [0.5, 0.6) is 5.75 Å². The number of nitro groups is 1. The Morgan fingerprint density at radius 3 is 2.14 bits per heavy atom. The zero-order chi connectivity index (χ0) is 15.4. The average molecular weight is 310 g/mol. The van der Waals surface area contributed by atoms with E-state index in [2.05, 4.69) is 10.2 Å². The van der Waals surface area contributed by atoms with Crippen molar-refractivity contribution in [3.63, 3.8) is 0 Å². The summed E-state index contributed by atoms with van der Waals surface area (Å²) < 4.78 is 0. The van der Waals surface area contributed by atoms with Gasteiger partial charge in [0.15, 0.2) is 0 Å². The monoisotopic (exact) mass is 310 g/mol. The summed E-state index contributed by atoms with van der Waals surface area (Å²) in [6, 6.07) is 9.18. The summed E-state index contributed by atoms with van der Waals surface area (Å²) in [5, 5.41) is 36.4. The number of benzene rings is 2. The molecule has 22 heavy (non-hydrogen) atoms. The molecule has 0 aromatic heterocycles. The number of carboxylic acids is 1. The Kier molecular flexibility index (Phi) is 6.17. The molecule has 2 N–H and O–H groups in total. The van der Waals surface area contributed by atoms with Crippen molar-refractivity contribution in [3.05, 3.63) is 58.1 Å². The van der Waals surface area contributed by atoms with Crippen molar-refractivity contribution in [2.24, 2.45) is 10.2 Å². The Morgan fingerprint density at radius 2 is 1.59 bits per heavy atom. The Balaban J connectivity index is 0.00000242. The van der Waals surface area contributed by atoms with Crippen molar-refractivity contribution in [1.82, 2.24) is 0 Å².